The molecule has 5 heteroatoms. The number of para-hydroxylation sites is 2. The maximum Gasteiger partial charge on any atom is 0.238 e. The molecule has 0 atom stereocenters. The van der Waals surface area contributed by atoms with E-state index in [1.54, 1.807) is 0 Å². The van der Waals surface area contributed by atoms with Crippen molar-refractivity contribution < 1.29 is 0 Å². The fourth-order valence-electron chi connectivity index (χ4n) is 9.09. The lowest BCUT2D eigenvalue weighted by molar-refractivity contribution is 0.953. The highest BCUT2D eigenvalue weighted by Crippen LogP contribution is 2.42. The van der Waals surface area contributed by atoms with Crippen LogP contribution in [0.15, 0.2) is 224 Å². The van der Waals surface area contributed by atoms with Gasteiger partial charge in [0.15, 0.2) is 11.6 Å². The summed E-state index contributed by atoms with van der Waals surface area (Å²) < 4.78 is 4.69. The molecule has 3 heterocycles. The van der Waals surface area contributed by atoms with E-state index in [0.29, 0.717) is 17.6 Å². The SMILES string of the molecule is c1ccc(-c2cc(-c3ccccc3)cc(-c3nc(-c4ccccc4)nc(-n4c5ccccc5c5ccc6c7ccccc7n(-c7cccc(-c8ccccc8)c7)c6c54)n3)c2)cc1. The number of nitrogens with zero attached hydrogens (tertiary/aromatic N) is 5. The number of benzene rings is 9. The second-order valence-electron chi connectivity index (χ2n) is 15.7. The first-order valence-electron chi connectivity index (χ1n) is 20.9. The van der Waals surface area contributed by atoms with Gasteiger partial charge in [0.2, 0.25) is 5.95 Å². The minimum absolute atomic E-state index is 0.550. The van der Waals surface area contributed by atoms with Crippen LogP contribution in [-0.2, 0) is 0 Å². The molecule has 0 aliphatic carbocycles. The Labute approximate surface area is 358 Å². The minimum atomic E-state index is 0.550. The first kappa shape index (κ1) is 35.5. The van der Waals surface area contributed by atoms with Crippen LogP contribution < -0.4 is 0 Å². The highest BCUT2D eigenvalue weighted by molar-refractivity contribution is 6.23. The molecule has 12 aromatic rings. The fourth-order valence-corrected chi connectivity index (χ4v) is 9.09. The van der Waals surface area contributed by atoms with Crippen molar-refractivity contribution in [1.82, 2.24) is 24.1 Å². The molecule has 0 aliphatic heterocycles. The van der Waals surface area contributed by atoms with Crippen LogP contribution in [0.4, 0.5) is 0 Å². The van der Waals surface area contributed by atoms with Gasteiger partial charge in [-0.05, 0) is 75.8 Å². The lowest BCUT2D eigenvalue weighted by Crippen LogP contribution is -2.07. The molecule has 12 rings (SSSR count). The van der Waals surface area contributed by atoms with Crippen molar-refractivity contribution in [1.29, 1.82) is 0 Å². The molecule has 0 fully saturated rings. The van der Waals surface area contributed by atoms with E-state index in [1.165, 1.54) is 10.9 Å². The van der Waals surface area contributed by atoms with Gasteiger partial charge in [-0.15, -0.1) is 0 Å². The molecule has 0 saturated heterocycles. The van der Waals surface area contributed by atoms with Crippen molar-refractivity contribution in [3.8, 4) is 67.8 Å². The van der Waals surface area contributed by atoms with E-state index >= 15 is 0 Å². The number of fused-ring (bicyclic) bond motifs is 7. The maximum atomic E-state index is 5.49. The van der Waals surface area contributed by atoms with Crippen molar-refractivity contribution in [2.45, 2.75) is 0 Å². The van der Waals surface area contributed by atoms with Crippen molar-refractivity contribution in [2.24, 2.45) is 0 Å². The molecule has 0 radical (unpaired) electrons. The highest BCUT2D eigenvalue weighted by Gasteiger charge is 2.24. The first-order valence-corrected chi connectivity index (χ1v) is 20.9. The van der Waals surface area contributed by atoms with Crippen molar-refractivity contribution in [3.05, 3.63) is 224 Å². The molecule has 290 valence electrons. The molecule has 5 nitrogen and oxygen atoms in total. The minimum Gasteiger partial charge on any atom is -0.307 e. The van der Waals surface area contributed by atoms with Gasteiger partial charge in [-0.25, -0.2) is 4.98 Å². The van der Waals surface area contributed by atoms with Gasteiger partial charge in [0, 0.05) is 38.4 Å². The summed E-state index contributed by atoms with van der Waals surface area (Å²) in [7, 11) is 0. The fraction of sp³-hybridized carbons (Fsp3) is 0. The summed E-state index contributed by atoms with van der Waals surface area (Å²) in [6.45, 7) is 0. The van der Waals surface area contributed by atoms with Crippen LogP contribution in [0, 0.1) is 0 Å². The number of hydrogen-bond donors (Lipinski definition) is 0. The number of aromatic nitrogens is 5. The van der Waals surface area contributed by atoms with Gasteiger partial charge >= 0.3 is 0 Å². The topological polar surface area (TPSA) is 48.5 Å². The standard InChI is InChI=1S/C57H37N5/c1-5-18-38(19-6-1)42-26-17-27-46(37-42)61-51-30-15-13-28-47(51)49-32-33-50-48-29-14-16-31-52(48)62(54(50)53(49)61)57-59-55(41-24-11-4-12-25-41)58-56(60-57)45-35-43(39-20-7-2-8-21-39)34-44(36-45)40-22-9-3-10-23-40/h1-37H. The van der Waals surface area contributed by atoms with Crippen molar-refractivity contribution in [3.63, 3.8) is 0 Å². The molecule has 62 heavy (non-hydrogen) atoms. The van der Waals surface area contributed by atoms with E-state index in [-0.39, 0.29) is 0 Å². The lowest BCUT2D eigenvalue weighted by Gasteiger charge is -2.15. The van der Waals surface area contributed by atoms with Crippen LogP contribution in [-0.4, -0.2) is 24.1 Å². The van der Waals surface area contributed by atoms with Gasteiger partial charge < -0.3 is 4.57 Å². The summed E-state index contributed by atoms with van der Waals surface area (Å²) in [5.74, 6) is 1.75. The van der Waals surface area contributed by atoms with Crippen LogP contribution in [0.2, 0.25) is 0 Å². The van der Waals surface area contributed by atoms with Gasteiger partial charge in [-0.1, -0.05) is 182 Å². The first-order chi connectivity index (χ1) is 30.7. The zero-order valence-electron chi connectivity index (χ0n) is 33.6. The van der Waals surface area contributed by atoms with E-state index in [2.05, 4.69) is 215 Å². The van der Waals surface area contributed by atoms with E-state index in [9.17, 15) is 0 Å². The van der Waals surface area contributed by atoms with Crippen molar-refractivity contribution in [2.75, 3.05) is 0 Å². The number of hydrogen-bond acceptors (Lipinski definition) is 3. The molecule has 0 unspecified atom stereocenters. The molecule has 0 aliphatic rings. The maximum absolute atomic E-state index is 5.49. The third-order valence-corrected chi connectivity index (χ3v) is 11.9. The predicted molar refractivity (Wildman–Crippen MR) is 256 cm³/mol. The molecule has 0 spiro atoms. The lowest BCUT2D eigenvalue weighted by atomic mass is 9.96. The van der Waals surface area contributed by atoms with Gasteiger partial charge in [0.1, 0.15) is 0 Å². The van der Waals surface area contributed by atoms with Gasteiger partial charge in [0.25, 0.3) is 0 Å². The average molecular weight is 792 g/mol. The molecule has 3 aromatic heterocycles. The van der Waals surface area contributed by atoms with Gasteiger partial charge in [-0.3, -0.25) is 4.57 Å². The predicted octanol–water partition coefficient (Wildman–Crippen LogP) is 14.4. The molecule has 0 bridgehead atoms. The van der Waals surface area contributed by atoms with Crippen molar-refractivity contribution >= 4 is 43.6 Å². The van der Waals surface area contributed by atoms with Crippen LogP contribution in [0.5, 0.6) is 0 Å². The van der Waals surface area contributed by atoms with E-state index in [4.69, 9.17) is 15.0 Å². The zero-order valence-corrected chi connectivity index (χ0v) is 33.6. The van der Waals surface area contributed by atoms with Crippen LogP contribution in [0.3, 0.4) is 0 Å². The van der Waals surface area contributed by atoms with Crippen LogP contribution >= 0.6 is 0 Å². The van der Waals surface area contributed by atoms with Crippen LogP contribution in [0.25, 0.3) is 111 Å². The Balaban J connectivity index is 1.18. The largest absolute Gasteiger partial charge is 0.307 e. The Morgan fingerprint density at radius 3 is 1.24 bits per heavy atom. The van der Waals surface area contributed by atoms with E-state index in [0.717, 1.165) is 82.9 Å². The second kappa shape index (κ2) is 14.7. The monoisotopic (exact) mass is 791 g/mol. The Kier molecular flexibility index (Phi) is 8.42. The summed E-state index contributed by atoms with van der Waals surface area (Å²) in [6.07, 6.45) is 0. The molecular formula is C57H37N5. The molecule has 0 N–H and O–H groups in total. The highest BCUT2D eigenvalue weighted by atomic mass is 15.2. The summed E-state index contributed by atoms with van der Waals surface area (Å²) in [4.78, 5) is 16.1. The normalized spacial score (nSPS) is 11.5. The van der Waals surface area contributed by atoms with E-state index in [1.807, 2.05) is 18.2 Å². The molecule has 0 saturated carbocycles. The summed E-state index contributed by atoms with van der Waals surface area (Å²) >= 11 is 0. The molecule has 0 amide bonds. The summed E-state index contributed by atoms with van der Waals surface area (Å²) in [5.41, 5.74) is 13.9. The zero-order chi connectivity index (χ0) is 41.0. The summed E-state index contributed by atoms with van der Waals surface area (Å²) in [6, 6.07) is 79.3. The third kappa shape index (κ3) is 5.98. The number of rotatable bonds is 7. The third-order valence-electron chi connectivity index (χ3n) is 11.9. The average Bonchev–Trinajstić information content (AvgIpc) is 3.88. The smallest absolute Gasteiger partial charge is 0.238 e. The van der Waals surface area contributed by atoms with E-state index < -0.39 is 0 Å². The second-order valence-corrected chi connectivity index (χ2v) is 15.7. The quantitative estimate of drug-likeness (QED) is 0.162. The Morgan fingerprint density at radius 2 is 0.677 bits per heavy atom. The van der Waals surface area contributed by atoms with Crippen LogP contribution in [0.1, 0.15) is 0 Å². The Morgan fingerprint density at radius 1 is 0.258 bits per heavy atom. The Bertz CT molecular complexity index is 3550. The molecule has 9 aromatic carbocycles. The summed E-state index contributed by atoms with van der Waals surface area (Å²) in [5, 5.41) is 4.58. The van der Waals surface area contributed by atoms with Gasteiger partial charge in [-0.2, -0.15) is 9.97 Å². The Hall–Kier alpha value is -8.41. The van der Waals surface area contributed by atoms with Gasteiger partial charge in [0.05, 0.1) is 22.1 Å². The molecular weight excluding hydrogens is 755 g/mol.